The molecule has 0 unspecified atom stereocenters. The molecule has 1 saturated carbocycles. The van der Waals surface area contributed by atoms with Gasteiger partial charge in [-0.25, -0.2) is 0 Å². The Morgan fingerprint density at radius 1 is 1.31 bits per heavy atom. The molecule has 1 fully saturated rings. The van der Waals surface area contributed by atoms with Crippen molar-refractivity contribution in [2.45, 2.75) is 58.0 Å². The predicted molar refractivity (Wildman–Crippen MR) is 55.7 cm³/mol. The molecule has 0 bridgehead atoms. The van der Waals surface area contributed by atoms with Crippen LogP contribution in [-0.2, 0) is 0 Å². The minimum absolute atomic E-state index is 0.303. The lowest BCUT2D eigenvalue weighted by Crippen LogP contribution is -2.39. The van der Waals surface area contributed by atoms with E-state index < -0.39 is 0 Å². The molecule has 0 aromatic rings. The average Bonchev–Trinajstić information content (AvgIpc) is 2.09. The maximum atomic E-state index is 8.77. The molecule has 0 heterocycles. The molecule has 0 radical (unpaired) electrons. The minimum Gasteiger partial charge on any atom is -0.396 e. The number of aliphatic hydroxyl groups excluding tert-OH is 1. The van der Waals surface area contributed by atoms with Gasteiger partial charge in [-0.2, -0.15) is 0 Å². The third-order valence-electron chi connectivity index (χ3n) is 3.10. The van der Waals surface area contributed by atoms with Crippen molar-refractivity contribution >= 4 is 0 Å². The van der Waals surface area contributed by atoms with Gasteiger partial charge in [-0.1, -0.05) is 6.92 Å². The summed E-state index contributed by atoms with van der Waals surface area (Å²) in [5.41, 5.74) is 0. The normalized spacial score (nSPS) is 31.6. The van der Waals surface area contributed by atoms with Gasteiger partial charge in [0.05, 0.1) is 0 Å². The second kappa shape index (κ2) is 5.61. The fourth-order valence-corrected chi connectivity index (χ4v) is 2.11. The Morgan fingerprint density at radius 2 is 1.92 bits per heavy atom. The summed E-state index contributed by atoms with van der Waals surface area (Å²) < 4.78 is 0. The molecule has 0 aromatic carbocycles. The smallest absolute Gasteiger partial charge is 0.0445 e. The second-order valence-corrected chi connectivity index (χ2v) is 4.54. The van der Waals surface area contributed by atoms with E-state index in [9.17, 15) is 0 Å². The van der Waals surface area contributed by atoms with Crippen LogP contribution in [0.4, 0.5) is 0 Å². The Kier molecular flexibility index (Phi) is 4.74. The molecule has 2 heteroatoms. The van der Waals surface area contributed by atoms with Crippen molar-refractivity contribution < 1.29 is 5.11 Å². The molecule has 0 aliphatic heterocycles. The minimum atomic E-state index is 0.303. The van der Waals surface area contributed by atoms with Gasteiger partial charge < -0.3 is 10.4 Å². The van der Waals surface area contributed by atoms with Crippen LogP contribution in [0.5, 0.6) is 0 Å². The molecule has 1 aliphatic carbocycles. The third kappa shape index (κ3) is 4.10. The zero-order valence-corrected chi connectivity index (χ0v) is 8.92. The van der Waals surface area contributed by atoms with Crippen molar-refractivity contribution in [1.29, 1.82) is 0 Å². The first-order valence-electron chi connectivity index (χ1n) is 5.59. The van der Waals surface area contributed by atoms with E-state index in [-0.39, 0.29) is 0 Å². The zero-order valence-electron chi connectivity index (χ0n) is 8.92. The highest BCUT2D eigenvalue weighted by atomic mass is 16.3. The van der Waals surface area contributed by atoms with E-state index >= 15 is 0 Å². The summed E-state index contributed by atoms with van der Waals surface area (Å²) in [5, 5.41) is 12.3. The van der Waals surface area contributed by atoms with E-state index in [0.29, 0.717) is 18.7 Å². The first-order chi connectivity index (χ1) is 6.22. The van der Waals surface area contributed by atoms with Crippen LogP contribution >= 0.6 is 0 Å². The molecule has 2 N–H and O–H groups in total. The molecule has 1 rings (SSSR count). The van der Waals surface area contributed by atoms with Crippen molar-refractivity contribution in [2.24, 2.45) is 5.92 Å². The summed E-state index contributed by atoms with van der Waals surface area (Å²) in [7, 11) is 0. The number of rotatable bonds is 4. The Labute approximate surface area is 81.7 Å². The summed E-state index contributed by atoms with van der Waals surface area (Å²) in [6, 6.07) is 1.18. The number of aliphatic hydroxyl groups is 1. The summed E-state index contributed by atoms with van der Waals surface area (Å²) >= 11 is 0. The monoisotopic (exact) mass is 185 g/mol. The van der Waals surface area contributed by atoms with E-state index in [1.807, 2.05) is 0 Å². The van der Waals surface area contributed by atoms with Crippen LogP contribution in [0.25, 0.3) is 0 Å². The highest BCUT2D eigenvalue weighted by Gasteiger charge is 2.18. The second-order valence-electron chi connectivity index (χ2n) is 4.54. The molecule has 0 saturated heterocycles. The average molecular weight is 185 g/mol. The van der Waals surface area contributed by atoms with E-state index in [0.717, 1.165) is 12.3 Å². The lowest BCUT2D eigenvalue weighted by molar-refractivity contribution is 0.243. The standard InChI is InChI=1S/C11H23NO/c1-9-3-5-11(6-4-9)12-10(2)7-8-13/h9-13H,3-8H2,1-2H3/t9?,10-,11?/m1/s1. The van der Waals surface area contributed by atoms with Crippen LogP contribution in [0.15, 0.2) is 0 Å². The number of nitrogens with one attached hydrogen (secondary N) is 1. The van der Waals surface area contributed by atoms with E-state index in [1.54, 1.807) is 0 Å². The molecule has 0 spiro atoms. The SMILES string of the molecule is CC1CCC(N[C@H](C)CCO)CC1. The van der Waals surface area contributed by atoms with E-state index in [4.69, 9.17) is 5.11 Å². The Balaban J connectivity index is 2.14. The fraction of sp³-hybridized carbons (Fsp3) is 1.00. The Bertz CT molecular complexity index is 130. The maximum absolute atomic E-state index is 8.77. The first kappa shape index (κ1) is 11.0. The van der Waals surface area contributed by atoms with Gasteiger partial charge in [-0.05, 0) is 44.9 Å². The molecule has 0 amide bonds. The lowest BCUT2D eigenvalue weighted by Gasteiger charge is -2.29. The first-order valence-corrected chi connectivity index (χ1v) is 5.59. The van der Waals surface area contributed by atoms with Crippen LogP contribution < -0.4 is 5.32 Å². The van der Waals surface area contributed by atoms with Crippen molar-refractivity contribution in [3.05, 3.63) is 0 Å². The Morgan fingerprint density at radius 3 is 2.46 bits per heavy atom. The molecule has 1 aliphatic rings. The van der Waals surface area contributed by atoms with Gasteiger partial charge in [0, 0.05) is 18.7 Å². The molecule has 13 heavy (non-hydrogen) atoms. The molecular formula is C11H23NO. The van der Waals surface area contributed by atoms with Gasteiger partial charge in [0.2, 0.25) is 0 Å². The lowest BCUT2D eigenvalue weighted by atomic mass is 9.87. The highest BCUT2D eigenvalue weighted by molar-refractivity contribution is 4.77. The van der Waals surface area contributed by atoms with Crippen LogP contribution in [0.1, 0.15) is 46.0 Å². The maximum Gasteiger partial charge on any atom is 0.0445 e. The zero-order chi connectivity index (χ0) is 9.68. The quantitative estimate of drug-likeness (QED) is 0.701. The van der Waals surface area contributed by atoms with E-state index in [2.05, 4.69) is 19.2 Å². The highest BCUT2D eigenvalue weighted by Crippen LogP contribution is 2.23. The molecule has 2 nitrogen and oxygen atoms in total. The van der Waals surface area contributed by atoms with Crippen LogP contribution in [0.3, 0.4) is 0 Å². The largest absolute Gasteiger partial charge is 0.396 e. The third-order valence-corrected chi connectivity index (χ3v) is 3.10. The summed E-state index contributed by atoms with van der Waals surface area (Å²) in [6.45, 7) is 4.80. The summed E-state index contributed by atoms with van der Waals surface area (Å²) in [4.78, 5) is 0. The van der Waals surface area contributed by atoms with Crippen LogP contribution in [-0.4, -0.2) is 23.8 Å². The number of hydrogen-bond acceptors (Lipinski definition) is 2. The molecule has 78 valence electrons. The molecular weight excluding hydrogens is 162 g/mol. The van der Waals surface area contributed by atoms with Crippen molar-refractivity contribution in [3.63, 3.8) is 0 Å². The van der Waals surface area contributed by atoms with E-state index in [1.165, 1.54) is 25.7 Å². The van der Waals surface area contributed by atoms with Gasteiger partial charge in [0.25, 0.3) is 0 Å². The van der Waals surface area contributed by atoms with Crippen molar-refractivity contribution in [1.82, 2.24) is 5.32 Å². The van der Waals surface area contributed by atoms with Gasteiger partial charge >= 0.3 is 0 Å². The van der Waals surface area contributed by atoms with Gasteiger partial charge in [0.1, 0.15) is 0 Å². The van der Waals surface area contributed by atoms with Crippen LogP contribution in [0, 0.1) is 5.92 Å². The fourth-order valence-electron chi connectivity index (χ4n) is 2.11. The summed E-state index contributed by atoms with van der Waals surface area (Å²) in [6.07, 6.45) is 6.24. The predicted octanol–water partition coefficient (Wildman–Crippen LogP) is 1.93. The van der Waals surface area contributed by atoms with Crippen molar-refractivity contribution in [3.8, 4) is 0 Å². The number of hydrogen-bond donors (Lipinski definition) is 2. The van der Waals surface area contributed by atoms with Gasteiger partial charge in [-0.3, -0.25) is 0 Å². The van der Waals surface area contributed by atoms with Gasteiger partial charge in [-0.15, -0.1) is 0 Å². The topological polar surface area (TPSA) is 32.3 Å². The Hall–Kier alpha value is -0.0800. The van der Waals surface area contributed by atoms with Crippen molar-refractivity contribution in [2.75, 3.05) is 6.61 Å². The van der Waals surface area contributed by atoms with Gasteiger partial charge in [0.15, 0.2) is 0 Å². The van der Waals surface area contributed by atoms with Crippen LogP contribution in [0.2, 0.25) is 0 Å². The summed E-state index contributed by atoms with van der Waals surface area (Å²) in [5.74, 6) is 0.922. The molecule has 1 atom stereocenters. The molecule has 0 aromatic heterocycles.